The van der Waals surface area contributed by atoms with Gasteiger partial charge in [0, 0.05) is 37.3 Å². The third kappa shape index (κ3) is 7.42. The maximum absolute atomic E-state index is 13.6. The van der Waals surface area contributed by atoms with E-state index in [4.69, 9.17) is 14.7 Å². The lowest BCUT2D eigenvalue weighted by molar-refractivity contribution is -0.137. The molecule has 9 nitrogen and oxygen atoms in total. The van der Waals surface area contributed by atoms with Crippen LogP contribution in [0.1, 0.15) is 36.6 Å². The van der Waals surface area contributed by atoms with Crippen LogP contribution in [0.2, 0.25) is 0 Å². The van der Waals surface area contributed by atoms with E-state index in [2.05, 4.69) is 21.4 Å². The van der Waals surface area contributed by atoms with Crippen molar-refractivity contribution in [2.75, 3.05) is 52.7 Å². The second-order valence-electron chi connectivity index (χ2n) is 11.1. The average Bonchev–Trinajstić information content (AvgIpc) is 3.46. The third-order valence-corrected chi connectivity index (χ3v) is 7.70. The summed E-state index contributed by atoms with van der Waals surface area (Å²) < 4.78 is 46.1. The molecule has 5 rings (SSSR count). The Morgan fingerprint density at radius 2 is 1.98 bits per heavy atom. The molecule has 0 spiro atoms. The minimum absolute atomic E-state index is 0.0178. The molecule has 1 amide bonds. The van der Waals surface area contributed by atoms with Crippen LogP contribution in [-0.4, -0.2) is 83.0 Å². The zero-order valence-corrected chi connectivity index (χ0v) is 24.5. The lowest BCUT2D eigenvalue weighted by Gasteiger charge is -2.31. The third-order valence-electron chi connectivity index (χ3n) is 7.70. The molecule has 1 fully saturated rings. The summed E-state index contributed by atoms with van der Waals surface area (Å²) in [5, 5.41) is 3.28. The molecule has 0 radical (unpaired) electrons. The number of amides is 1. The summed E-state index contributed by atoms with van der Waals surface area (Å²) >= 11 is 0. The van der Waals surface area contributed by atoms with Gasteiger partial charge in [0.05, 0.1) is 36.3 Å². The first-order valence-corrected chi connectivity index (χ1v) is 14.3. The number of aromatic nitrogens is 4. The Bertz CT molecular complexity index is 1490. The number of carbonyl (C=O) groups is 1. The number of nitrogens with zero attached hydrogens (tertiary/aromatic N) is 5. The van der Waals surface area contributed by atoms with Crippen LogP contribution in [0.25, 0.3) is 22.6 Å². The van der Waals surface area contributed by atoms with Crippen molar-refractivity contribution in [3.8, 4) is 22.6 Å². The van der Waals surface area contributed by atoms with Crippen molar-refractivity contribution < 1.29 is 22.7 Å². The lowest BCUT2D eigenvalue weighted by Crippen LogP contribution is -2.42. The van der Waals surface area contributed by atoms with Crippen molar-refractivity contribution in [2.45, 2.75) is 31.4 Å². The Morgan fingerprint density at radius 1 is 1.19 bits per heavy atom. The SMILES string of the molecule is COC1=CCC(CNc2nccc(-c3[nH]c(C4CCN(C(=O)CN(C)C)CC4)nc3-c3cccc(C(F)(F)F)c3)n2)C=C1. The van der Waals surface area contributed by atoms with Gasteiger partial charge in [-0.1, -0.05) is 18.2 Å². The Morgan fingerprint density at radius 3 is 2.65 bits per heavy atom. The monoisotopic (exact) mass is 595 g/mol. The normalized spacial score (nSPS) is 17.7. The van der Waals surface area contributed by atoms with E-state index >= 15 is 0 Å². The summed E-state index contributed by atoms with van der Waals surface area (Å²) in [7, 11) is 5.36. The molecule has 12 heteroatoms. The highest BCUT2D eigenvalue weighted by molar-refractivity contribution is 5.79. The standard InChI is InChI=1S/C31H36F3N7O2/c1-40(2)19-26(42)41-15-12-21(13-16-41)29-38-27(22-5-4-6-23(17-22)31(32,33)34)28(39-29)25-11-14-35-30(37-25)36-18-20-7-9-24(43-3)10-8-20/h4-7,9-11,14,17,20-21H,8,12-13,15-16,18-19H2,1-3H3,(H,38,39)(H,35,36,37). The smallest absolute Gasteiger partial charge is 0.416 e. The van der Waals surface area contributed by atoms with Crippen LogP contribution in [0.5, 0.6) is 0 Å². The van der Waals surface area contributed by atoms with Gasteiger partial charge in [-0.15, -0.1) is 0 Å². The second-order valence-corrected chi connectivity index (χ2v) is 11.1. The Balaban J connectivity index is 1.41. The fraction of sp³-hybridized carbons (Fsp3) is 0.419. The molecule has 228 valence electrons. The number of nitrogens with one attached hydrogen (secondary N) is 2. The fourth-order valence-electron chi connectivity index (χ4n) is 5.35. The Hall–Kier alpha value is -4.19. The van der Waals surface area contributed by atoms with Crippen molar-refractivity contribution in [3.05, 3.63) is 71.9 Å². The van der Waals surface area contributed by atoms with Crippen molar-refractivity contribution in [2.24, 2.45) is 5.92 Å². The van der Waals surface area contributed by atoms with Gasteiger partial charge in [-0.2, -0.15) is 13.2 Å². The number of methoxy groups -OCH3 is 1. The number of imidazole rings is 1. The first kappa shape index (κ1) is 30.3. The van der Waals surface area contributed by atoms with E-state index in [1.165, 1.54) is 6.07 Å². The highest BCUT2D eigenvalue weighted by atomic mass is 19.4. The molecule has 2 aromatic heterocycles. The van der Waals surface area contributed by atoms with Gasteiger partial charge in [-0.25, -0.2) is 15.0 Å². The van der Waals surface area contributed by atoms with Crippen LogP contribution >= 0.6 is 0 Å². The summed E-state index contributed by atoms with van der Waals surface area (Å²) in [4.78, 5) is 33.5. The van der Waals surface area contributed by atoms with Crippen LogP contribution in [0, 0.1) is 5.92 Å². The van der Waals surface area contributed by atoms with Gasteiger partial charge in [0.1, 0.15) is 11.6 Å². The topological polar surface area (TPSA) is 99.3 Å². The van der Waals surface area contributed by atoms with E-state index < -0.39 is 11.7 Å². The largest absolute Gasteiger partial charge is 0.497 e. The van der Waals surface area contributed by atoms with Crippen LogP contribution in [-0.2, 0) is 15.7 Å². The summed E-state index contributed by atoms with van der Waals surface area (Å²) in [5.41, 5.74) is 1.03. The predicted molar refractivity (Wildman–Crippen MR) is 158 cm³/mol. The number of H-pyrrole nitrogens is 1. The number of aromatic amines is 1. The number of alkyl halides is 3. The highest BCUT2D eigenvalue weighted by Crippen LogP contribution is 2.37. The van der Waals surface area contributed by atoms with Crippen molar-refractivity contribution in [3.63, 3.8) is 0 Å². The molecular formula is C31H36F3N7O2. The molecule has 0 saturated carbocycles. The zero-order valence-electron chi connectivity index (χ0n) is 24.5. The molecule has 1 aliphatic carbocycles. The summed E-state index contributed by atoms with van der Waals surface area (Å²) in [6, 6.07) is 6.89. The molecule has 3 heterocycles. The van der Waals surface area contributed by atoms with Crippen molar-refractivity contribution in [1.29, 1.82) is 0 Å². The molecule has 1 saturated heterocycles. The first-order valence-electron chi connectivity index (χ1n) is 14.3. The van der Waals surface area contributed by atoms with E-state index in [-0.39, 0.29) is 17.7 Å². The number of hydrogen-bond donors (Lipinski definition) is 2. The number of anilines is 1. The molecular weight excluding hydrogens is 559 g/mol. The second kappa shape index (κ2) is 13.0. The molecule has 1 aliphatic heterocycles. The van der Waals surface area contributed by atoms with Crippen LogP contribution in [0.4, 0.5) is 19.1 Å². The lowest BCUT2D eigenvalue weighted by atomic mass is 9.96. The van der Waals surface area contributed by atoms with Crippen molar-refractivity contribution in [1.82, 2.24) is 29.7 Å². The quantitative estimate of drug-likeness (QED) is 0.345. The minimum atomic E-state index is -4.49. The number of allylic oxidation sites excluding steroid dienone is 2. The summed E-state index contributed by atoms with van der Waals surface area (Å²) in [5.74, 6) is 2.24. The van der Waals surface area contributed by atoms with E-state index in [0.29, 0.717) is 73.4 Å². The number of benzene rings is 1. The molecule has 0 bridgehead atoms. The maximum Gasteiger partial charge on any atom is 0.416 e. The van der Waals surface area contributed by atoms with E-state index in [0.717, 1.165) is 24.3 Å². The minimum Gasteiger partial charge on any atom is -0.497 e. The number of piperidine rings is 1. The van der Waals surface area contributed by atoms with Gasteiger partial charge in [0.25, 0.3) is 0 Å². The van der Waals surface area contributed by atoms with E-state index in [9.17, 15) is 18.0 Å². The summed E-state index contributed by atoms with van der Waals surface area (Å²) in [6.45, 7) is 2.13. The summed E-state index contributed by atoms with van der Waals surface area (Å²) in [6.07, 6.45) is 5.37. The van der Waals surface area contributed by atoms with Gasteiger partial charge in [-0.3, -0.25) is 4.79 Å². The molecule has 1 atom stereocenters. The van der Waals surface area contributed by atoms with Gasteiger partial charge in [-0.05, 0) is 69.6 Å². The van der Waals surface area contributed by atoms with E-state index in [1.54, 1.807) is 25.4 Å². The first-order chi connectivity index (χ1) is 20.6. The zero-order chi connectivity index (χ0) is 30.6. The number of hydrogen-bond acceptors (Lipinski definition) is 7. The molecule has 2 aliphatic rings. The molecule has 3 aromatic rings. The van der Waals surface area contributed by atoms with Crippen LogP contribution < -0.4 is 5.32 Å². The number of likely N-dealkylation sites (tertiary alicyclic amines) is 1. The number of halogens is 3. The van der Waals surface area contributed by atoms with Gasteiger partial charge < -0.3 is 24.8 Å². The predicted octanol–water partition coefficient (Wildman–Crippen LogP) is 5.34. The van der Waals surface area contributed by atoms with Gasteiger partial charge in [0.15, 0.2) is 0 Å². The van der Waals surface area contributed by atoms with Gasteiger partial charge >= 0.3 is 6.18 Å². The molecule has 43 heavy (non-hydrogen) atoms. The number of ether oxygens (including phenoxy) is 1. The van der Waals surface area contributed by atoms with Crippen LogP contribution in [0.3, 0.4) is 0 Å². The number of carbonyl (C=O) groups excluding carboxylic acids is 1. The van der Waals surface area contributed by atoms with E-state index in [1.807, 2.05) is 36.0 Å². The molecule has 1 aromatic carbocycles. The number of likely N-dealkylation sites (N-methyl/N-ethyl adjacent to an activating group) is 1. The number of rotatable bonds is 9. The molecule has 1 unspecified atom stereocenters. The molecule has 2 N–H and O–H groups in total. The van der Waals surface area contributed by atoms with Gasteiger partial charge in [0.2, 0.25) is 11.9 Å². The Labute approximate surface area is 248 Å². The highest BCUT2D eigenvalue weighted by Gasteiger charge is 2.32. The van der Waals surface area contributed by atoms with Crippen molar-refractivity contribution >= 4 is 11.9 Å². The fourth-order valence-corrected chi connectivity index (χ4v) is 5.35. The average molecular weight is 596 g/mol. The Kier molecular flexibility index (Phi) is 9.14. The maximum atomic E-state index is 13.6. The van der Waals surface area contributed by atoms with Crippen LogP contribution in [0.15, 0.2) is 60.5 Å².